The number of halogens is 2. The van der Waals surface area contributed by atoms with Crippen molar-refractivity contribution in [2.45, 2.75) is 13.0 Å². The number of aliphatic hydroxyl groups excluding tert-OH is 1. The van der Waals surface area contributed by atoms with Crippen LogP contribution in [0.1, 0.15) is 17.6 Å². The number of hydrogen-bond acceptors (Lipinski definition) is 3. The van der Waals surface area contributed by atoms with Gasteiger partial charge >= 0.3 is 0 Å². The Kier molecular flexibility index (Phi) is 3.19. The standard InChI is InChI=1S/C8H9F2NO3/c1-14-6-4(3-12)2-11-8(13)5(6)7(9)10/h2,7,12H,3H2,1H3,(H,11,13). The Hall–Kier alpha value is -1.43. The van der Waals surface area contributed by atoms with Crippen molar-refractivity contribution in [1.82, 2.24) is 4.98 Å². The Labute approximate surface area is 78.1 Å². The molecule has 0 saturated heterocycles. The smallest absolute Gasteiger partial charge is 0.272 e. The van der Waals surface area contributed by atoms with E-state index in [9.17, 15) is 13.6 Å². The molecule has 0 amide bonds. The molecule has 0 bridgehead atoms. The number of alkyl halides is 2. The van der Waals surface area contributed by atoms with Crippen molar-refractivity contribution in [2.75, 3.05) is 7.11 Å². The number of pyridine rings is 1. The zero-order valence-corrected chi connectivity index (χ0v) is 7.38. The summed E-state index contributed by atoms with van der Waals surface area (Å²) in [7, 11) is 1.17. The molecule has 1 aromatic heterocycles. The van der Waals surface area contributed by atoms with E-state index in [0.717, 1.165) is 6.20 Å². The largest absolute Gasteiger partial charge is 0.496 e. The van der Waals surface area contributed by atoms with E-state index in [2.05, 4.69) is 9.72 Å². The Bertz CT molecular complexity index is 375. The van der Waals surface area contributed by atoms with Crippen LogP contribution in [0.25, 0.3) is 0 Å². The van der Waals surface area contributed by atoms with E-state index < -0.39 is 24.2 Å². The maximum atomic E-state index is 12.4. The van der Waals surface area contributed by atoms with Crippen LogP contribution in [0.15, 0.2) is 11.0 Å². The average Bonchev–Trinajstić information content (AvgIpc) is 2.16. The fourth-order valence-electron chi connectivity index (χ4n) is 1.13. The molecule has 1 rings (SSSR count). The summed E-state index contributed by atoms with van der Waals surface area (Å²) in [4.78, 5) is 13.1. The number of ether oxygens (including phenoxy) is 1. The molecule has 6 heteroatoms. The summed E-state index contributed by atoms with van der Waals surface area (Å²) in [5.41, 5.74) is -1.53. The number of aliphatic hydroxyl groups is 1. The Morgan fingerprint density at radius 3 is 2.71 bits per heavy atom. The van der Waals surface area contributed by atoms with Crippen molar-refractivity contribution in [3.8, 4) is 5.75 Å². The summed E-state index contributed by atoms with van der Waals surface area (Å²) >= 11 is 0. The third-order valence-electron chi connectivity index (χ3n) is 1.75. The number of hydrogen-bond donors (Lipinski definition) is 2. The number of H-pyrrole nitrogens is 1. The molecule has 0 fully saturated rings. The third kappa shape index (κ3) is 1.74. The van der Waals surface area contributed by atoms with E-state index in [0.29, 0.717) is 0 Å². The molecule has 0 radical (unpaired) electrons. The van der Waals surface area contributed by atoms with Gasteiger partial charge in [-0.05, 0) is 0 Å². The summed E-state index contributed by atoms with van der Waals surface area (Å²) in [6.45, 7) is -0.473. The van der Waals surface area contributed by atoms with Gasteiger partial charge in [-0.25, -0.2) is 8.78 Å². The van der Waals surface area contributed by atoms with Crippen LogP contribution in [0, 0.1) is 0 Å². The molecule has 0 aliphatic rings. The molecule has 0 aliphatic heterocycles. The second-order valence-corrected chi connectivity index (χ2v) is 2.55. The Morgan fingerprint density at radius 2 is 2.29 bits per heavy atom. The fraction of sp³-hybridized carbons (Fsp3) is 0.375. The highest BCUT2D eigenvalue weighted by molar-refractivity contribution is 5.39. The summed E-state index contributed by atoms with van der Waals surface area (Å²) in [5, 5.41) is 8.80. The van der Waals surface area contributed by atoms with Crippen LogP contribution in [0.5, 0.6) is 5.75 Å². The van der Waals surface area contributed by atoms with Crippen LogP contribution in [0.4, 0.5) is 8.78 Å². The molecule has 0 unspecified atom stereocenters. The fourth-order valence-corrected chi connectivity index (χ4v) is 1.13. The number of nitrogens with one attached hydrogen (secondary N) is 1. The van der Waals surface area contributed by atoms with Crippen LogP contribution in [0.2, 0.25) is 0 Å². The van der Waals surface area contributed by atoms with E-state index in [1.807, 2.05) is 0 Å². The molecule has 0 spiro atoms. The zero-order chi connectivity index (χ0) is 10.7. The molecule has 0 aromatic carbocycles. The van der Waals surface area contributed by atoms with E-state index in [4.69, 9.17) is 5.11 Å². The quantitative estimate of drug-likeness (QED) is 0.767. The molecule has 0 saturated carbocycles. The molecular weight excluding hydrogens is 196 g/mol. The van der Waals surface area contributed by atoms with Gasteiger partial charge in [0.15, 0.2) is 0 Å². The zero-order valence-electron chi connectivity index (χ0n) is 7.38. The molecule has 78 valence electrons. The number of aromatic amines is 1. The van der Waals surface area contributed by atoms with Gasteiger partial charge in [0.05, 0.1) is 13.7 Å². The summed E-state index contributed by atoms with van der Waals surface area (Å²) in [6.07, 6.45) is -1.78. The second-order valence-electron chi connectivity index (χ2n) is 2.55. The second kappa shape index (κ2) is 4.19. The normalized spacial score (nSPS) is 10.6. The number of methoxy groups -OCH3 is 1. The van der Waals surface area contributed by atoms with Gasteiger partial charge in [0.25, 0.3) is 12.0 Å². The maximum absolute atomic E-state index is 12.4. The third-order valence-corrected chi connectivity index (χ3v) is 1.75. The highest BCUT2D eigenvalue weighted by Gasteiger charge is 2.21. The first-order valence-corrected chi connectivity index (χ1v) is 3.79. The molecule has 2 N–H and O–H groups in total. The van der Waals surface area contributed by atoms with Crippen LogP contribution < -0.4 is 10.3 Å². The van der Waals surface area contributed by atoms with Crippen molar-refractivity contribution in [3.05, 3.63) is 27.7 Å². The summed E-state index contributed by atoms with van der Waals surface area (Å²) < 4.78 is 29.5. The molecular formula is C8H9F2NO3. The van der Waals surface area contributed by atoms with Crippen LogP contribution in [-0.4, -0.2) is 17.2 Å². The minimum absolute atomic E-state index is 0.127. The van der Waals surface area contributed by atoms with E-state index >= 15 is 0 Å². The monoisotopic (exact) mass is 205 g/mol. The first-order chi connectivity index (χ1) is 6.61. The maximum Gasteiger partial charge on any atom is 0.272 e. The minimum Gasteiger partial charge on any atom is -0.496 e. The van der Waals surface area contributed by atoms with E-state index in [1.54, 1.807) is 0 Å². The van der Waals surface area contributed by atoms with Gasteiger partial charge in [-0.15, -0.1) is 0 Å². The van der Waals surface area contributed by atoms with Crippen molar-refractivity contribution in [1.29, 1.82) is 0 Å². The summed E-state index contributed by atoms with van der Waals surface area (Å²) in [5.74, 6) is -0.258. The van der Waals surface area contributed by atoms with Gasteiger partial charge in [-0.3, -0.25) is 4.79 Å². The van der Waals surface area contributed by atoms with Gasteiger partial charge < -0.3 is 14.8 Å². The lowest BCUT2D eigenvalue weighted by Gasteiger charge is -2.09. The number of aromatic nitrogens is 1. The molecule has 0 atom stereocenters. The van der Waals surface area contributed by atoms with Crippen LogP contribution in [0.3, 0.4) is 0 Å². The van der Waals surface area contributed by atoms with Crippen molar-refractivity contribution < 1.29 is 18.6 Å². The SMILES string of the molecule is COc1c(CO)c[nH]c(=O)c1C(F)F. The van der Waals surface area contributed by atoms with Crippen molar-refractivity contribution >= 4 is 0 Å². The molecule has 0 aliphatic carbocycles. The highest BCUT2D eigenvalue weighted by atomic mass is 19.3. The van der Waals surface area contributed by atoms with Gasteiger partial charge in [-0.1, -0.05) is 0 Å². The van der Waals surface area contributed by atoms with Gasteiger partial charge in [0, 0.05) is 11.8 Å². The minimum atomic E-state index is -2.93. The molecule has 4 nitrogen and oxygen atoms in total. The average molecular weight is 205 g/mol. The van der Waals surface area contributed by atoms with E-state index in [-0.39, 0.29) is 11.3 Å². The lowest BCUT2D eigenvalue weighted by molar-refractivity contribution is 0.144. The number of rotatable bonds is 3. The van der Waals surface area contributed by atoms with Gasteiger partial charge in [-0.2, -0.15) is 0 Å². The first-order valence-electron chi connectivity index (χ1n) is 3.79. The summed E-state index contributed by atoms with van der Waals surface area (Å²) in [6, 6.07) is 0. The van der Waals surface area contributed by atoms with E-state index in [1.165, 1.54) is 7.11 Å². The van der Waals surface area contributed by atoms with Crippen molar-refractivity contribution in [3.63, 3.8) is 0 Å². The predicted molar refractivity (Wildman–Crippen MR) is 44.5 cm³/mol. The highest BCUT2D eigenvalue weighted by Crippen LogP contribution is 2.28. The molecule has 1 aromatic rings. The lowest BCUT2D eigenvalue weighted by Crippen LogP contribution is -2.15. The lowest BCUT2D eigenvalue weighted by atomic mass is 10.2. The molecule has 1 heterocycles. The first kappa shape index (κ1) is 10.6. The predicted octanol–water partition coefficient (Wildman–Crippen LogP) is 0.813. The Balaban J connectivity index is 3.43. The van der Waals surface area contributed by atoms with Crippen LogP contribution >= 0.6 is 0 Å². The topological polar surface area (TPSA) is 62.3 Å². The molecule has 14 heavy (non-hydrogen) atoms. The van der Waals surface area contributed by atoms with Crippen LogP contribution in [-0.2, 0) is 6.61 Å². The van der Waals surface area contributed by atoms with Gasteiger partial charge in [0.2, 0.25) is 0 Å². The Morgan fingerprint density at radius 1 is 1.64 bits per heavy atom. The van der Waals surface area contributed by atoms with Gasteiger partial charge in [0.1, 0.15) is 11.3 Å². The van der Waals surface area contributed by atoms with Crippen molar-refractivity contribution in [2.24, 2.45) is 0 Å².